The molecule has 2 rings (SSSR count). The molecule has 0 saturated heterocycles. The van der Waals surface area contributed by atoms with Gasteiger partial charge in [0.2, 0.25) is 0 Å². The summed E-state index contributed by atoms with van der Waals surface area (Å²) >= 11 is 1.43. The molecule has 0 fully saturated rings. The first kappa shape index (κ1) is 14.6. The molecule has 1 N–H and O–H groups in total. The molecule has 106 valence electrons. The van der Waals surface area contributed by atoms with Crippen LogP contribution in [0.25, 0.3) is 5.69 Å². The van der Waals surface area contributed by atoms with Gasteiger partial charge >= 0.3 is 0 Å². The Bertz CT molecular complexity index is 607. The minimum Gasteiger partial charge on any atom is -0.349 e. The molecule has 0 spiro atoms. The summed E-state index contributed by atoms with van der Waals surface area (Å²) in [5.74, 6) is -0.509. The lowest BCUT2D eigenvalue weighted by atomic mass is 10.3. The highest BCUT2D eigenvalue weighted by atomic mass is 32.2. The van der Waals surface area contributed by atoms with Crippen LogP contribution in [0.4, 0.5) is 4.39 Å². The Morgan fingerprint density at radius 1 is 1.35 bits per heavy atom. The SMILES string of the molecule is CSc1ncc(C(=O)NC(C)C)n1-c1ccc(F)cc1. The van der Waals surface area contributed by atoms with Gasteiger partial charge in [-0.05, 0) is 44.4 Å². The Labute approximate surface area is 121 Å². The number of carbonyl (C=O) groups is 1. The molecule has 6 heteroatoms. The van der Waals surface area contributed by atoms with Crippen molar-refractivity contribution in [3.63, 3.8) is 0 Å². The highest BCUT2D eigenvalue weighted by Gasteiger charge is 2.18. The quantitative estimate of drug-likeness (QED) is 0.882. The lowest BCUT2D eigenvalue weighted by molar-refractivity contribution is 0.0935. The highest BCUT2D eigenvalue weighted by molar-refractivity contribution is 7.98. The maximum Gasteiger partial charge on any atom is 0.270 e. The molecule has 0 unspecified atom stereocenters. The van der Waals surface area contributed by atoms with Crippen molar-refractivity contribution in [2.24, 2.45) is 0 Å². The summed E-state index contributed by atoms with van der Waals surface area (Å²) in [4.78, 5) is 16.4. The van der Waals surface area contributed by atoms with Gasteiger partial charge in [0.25, 0.3) is 5.91 Å². The number of nitrogens with one attached hydrogen (secondary N) is 1. The Morgan fingerprint density at radius 3 is 2.55 bits per heavy atom. The van der Waals surface area contributed by atoms with Crippen LogP contribution in [0.15, 0.2) is 35.6 Å². The Kier molecular flexibility index (Phi) is 4.44. The maximum absolute atomic E-state index is 13.0. The van der Waals surface area contributed by atoms with Gasteiger partial charge in [-0.2, -0.15) is 0 Å². The van der Waals surface area contributed by atoms with Crippen molar-refractivity contribution in [3.8, 4) is 5.69 Å². The van der Waals surface area contributed by atoms with E-state index in [1.165, 1.54) is 30.1 Å². The van der Waals surface area contributed by atoms with E-state index >= 15 is 0 Å². The molecule has 0 atom stereocenters. The fourth-order valence-electron chi connectivity index (χ4n) is 1.81. The van der Waals surface area contributed by atoms with Crippen LogP contribution in [0, 0.1) is 5.82 Å². The molecule has 0 aliphatic carbocycles. The van der Waals surface area contributed by atoms with Gasteiger partial charge in [0.1, 0.15) is 11.5 Å². The normalized spacial score (nSPS) is 10.8. The predicted molar refractivity (Wildman–Crippen MR) is 77.9 cm³/mol. The maximum atomic E-state index is 13.0. The van der Waals surface area contributed by atoms with Crippen molar-refractivity contribution in [1.29, 1.82) is 0 Å². The smallest absolute Gasteiger partial charge is 0.270 e. The van der Waals surface area contributed by atoms with E-state index in [0.29, 0.717) is 16.5 Å². The Balaban J connectivity index is 2.47. The van der Waals surface area contributed by atoms with E-state index in [0.717, 1.165) is 0 Å². The molecule has 1 aromatic heterocycles. The van der Waals surface area contributed by atoms with Gasteiger partial charge in [-0.25, -0.2) is 9.37 Å². The lowest BCUT2D eigenvalue weighted by Crippen LogP contribution is -2.31. The standard InChI is InChI=1S/C14H16FN3OS/c1-9(2)17-13(19)12-8-16-14(20-3)18(12)11-6-4-10(15)5-7-11/h4-9H,1-3H3,(H,17,19). The van der Waals surface area contributed by atoms with E-state index in [-0.39, 0.29) is 17.8 Å². The van der Waals surface area contributed by atoms with Crippen molar-refractivity contribution in [2.75, 3.05) is 6.26 Å². The van der Waals surface area contributed by atoms with Gasteiger partial charge in [0.05, 0.1) is 6.20 Å². The van der Waals surface area contributed by atoms with Crippen LogP contribution in [0.1, 0.15) is 24.3 Å². The van der Waals surface area contributed by atoms with Crippen LogP contribution in [0.2, 0.25) is 0 Å². The molecule has 1 aromatic carbocycles. The van der Waals surface area contributed by atoms with E-state index < -0.39 is 0 Å². The summed E-state index contributed by atoms with van der Waals surface area (Å²) in [7, 11) is 0. The molecule has 0 bridgehead atoms. The van der Waals surface area contributed by atoms with Gasteiger partial charge < -0.3 is 5.32 Å². The number of imidazole rings is 1. The third-order valence-electron chi connectivity index (χ3n) is 2.65. The van der Waals surface area contributed by atoms with Crippen LogP contribution >= 0.6 is 11.8 Å². The number of halogens is 1. The summed E-state index contributed by atoms with van der Waals surface area (Å²) in [5.41, 5.74) is 1.15. The molecule has 0 radical (unpaired) electrons. The molecule has 20 heavy (non-hydrogen) atoms. The first-order chi connectivity index (χ1) is 9.52. The molecule has 1 heterocycles. The van der Waals surface area contributed by atoms with Crippen LogP contribution in [-0.2, 0) is 0 Å². The van der Waals surface area contributed by atoms with Crippen molar-refractivity contribution >= 4 is 17.7 Å². The third kappa shape index (κ3) is 3.01. The molecule has 0 aliphatic heterocycles. The molecule has 2 aromatic rings. The van der Waals surface area contributed by atoms with Crippen molar-refractivity contribution in [3.05, 3.63) is 42.0 Å². The number of thioether (sulfide) groups is 1. The van der Waals surface area contributed by atoms with E-state index in [1.807, 2.05) is 20.1 Å². The summed E-state index contributed by atoms with van der Waals surface area (Å²) < 4.78 is 14.8. The number of hydrogen-bond acceptors (Lipinski definition) is 3. The topological polar surface area (TPSA) is 46.9 Å². The van der Waals surface area contributed by atoms with E-state index in [2.05, 4.69) is 10.3 Å². The first-order valence-corrected chi connectivity index (χ1v) is 7.44. The zero-order valence-corrected chi connectivity index (χ0v) is 12.4. The fourth-order valence-corrected chi connectivity index (χ4v) is 2.36. The molecular weight excluding hydrogens is 277 g/mol. The summed E-state index contributed by atoms with van der Waals surface area (Å²) in [6.07, 6.45) is 3.42. The average molecular weight is 293 g/mol. The highest BCUT2D eigenvalue weighted by Crippen LogP contribution is 2.22. The number of rotatable bonds is 4. The minimum absolute atomic E-state index is 0.0387. The number of carbonyl (C=O) groups excluding carboxylic acids is 1. The lowest BCUT2D eigenvalue weighted by Gasteiger charge is -2.12. The second-order valence-electron chi connectivity index (χ2n) is 4.57. The molecule has 4 nitrogen and oxygen atoms in total. The van der Waals surface area contributed by atoms with E-state index in [1.54, 1.807) is 16.7 Å². The van der Waals surface area contributed by atoms with Gasteiger partial charge in [-0.15, -0.1) is 0 Å². The molecule has 1 amide bonds. The number of amides is 1. The van der Waals surface area contributed by atoms with Gasteiger partial charge in [0.15, 0.2) is 5.16 Å². The van der Waals surface area contributed by atoms with Gasteiger partial charge in [-0.3, -0.25) is 9.36 Å². The monoisotopic (exact) mass is 293 g/mol. The van der Waals surface area contributed by atoms with Crippen LogP contribution in [0.5, 0.6) is 0 Å². The van der Waals surface area contributed by atoms with Crippen LogP contribution < -0.4 is 5.32 Å². The Hall–Kier alpha value is -1.82. The molecular formula is C14H16FN3OS. The third-order valence-corrected chi connectivity index (χ3v) is 3.30. The minimum atomic E-state index is -0.312. The van der Waals surface area contributed by atoms with Crippen molar-refractivity contribution < 1.29 is 9.18 Å². The van der Waals surface area contributed by atoms with Crippen LogP contribution in [0.3, 0.4) is 0 Å². The van der Waals surface area contributed by atoms with Gasteiger partial charge in [0, 0.05) is 11.7 Å². The second kappa shape index (κ2) is 6.09. The van der Waals surface area contributed by atoms with E-state index in [4.69, 9.17) is 0 Å². The summed E-state index contributed by atoms with van der Waals surface area (Å²) in [5, 5.41) is 3.52. The predicted octanol–water partition coefficient (Wildman–Crippen LogP) is 2.87. The Morgan fingerprint density at radius 2 is 2.00 bits per heavy atom. The van der Waals surface area contributed by atoms with Gasteiger partial charge in [-0.1, -0.05) is 11.8 Å². The summed E-state index contributed by atoms with van der Waals surface area (Å²) in [6.45, 7) is 3.79. The molecule has 0 aliphatic rings. The fraction of sp³-hybridized carbons (Fsp3) is 0.286. The number of benzene rings is 1. The zero-order valence-electron chi connectivity index (χ0n) is 11.6. The van der Waals surface area contributed by atoms with E-state index in [9.17, 15) is 9.18 Å². The summed E-state index contributed by atoms with van der Waals surface area (Å²) in [6, 6.07) is 6.02. The average Bonchev–Trinajstić information content (AvgIpc) is 2.82. The second-order valence-corrected chi connectivity index (χ2v) is 5.34. The number of hydrogen-bond donors (Lipinski definition) is 1. The number of aromatic nitrogens is 2. The molecule has 0 saturated carbocycles. The van der Waals surface area contributed by atoms with Crippen LogP contribution in [-0.4, -0.2) is 27.8 Å². The van der Waals surface area contributed by atoms with Crippen molar-refractivity contribution in [1.82, 2.24) is 14.9 Å². The number of nitrogens with zero attached hydrogens (tertiary/aromatic N) is 2. The zero-order chi connectivity index (χ0) is 14.7. The largest absolute Gasteiger partial charge is 0.349 e. The first-order valence-electron chi connectivity index (χ1n) is 6.21. The van der Waals surface area contributed by atoms with Crippen molar-refractivity contribution in [2.45, 2.75) is 25.0 Å².